The average Bonchev–Trinajstić information content (AvgIpc) is 2.63. The lowest BCUT2D eigenvalue weighted by molar-refractivity contribution is 0.112. The Hall–Kier alpha value is -2.79. The Labute approximate surface area is 154 Å². The topological polar surface area (TPSA) is 53.6 Å². The molecule has 136 valence electrons. The minimum absolute atomic E-state index is 0.464. The maximum Gasteiger partial charge on any atom is 0.150 e. The monoisotopic (exact) mass is 351 g/mol. The second-order valence-corrected chi connectivity index (χ2v) is 6.54. The van der Waals surface area contributed by atoms with Gasteiger partial charge < -0.3 is 20.3 Å². The van der Waals surface area contributed by atoms with Crippen molar-refractivity contribution < 1.29 is 9.53 Å². The number of rotatable bonds is 8. The van der Waals surface area contributed by atoms with E-state index in [-0.39, 0.29) is 0 Å². The largest absolute Gasteiger partial charge is 0.497 e. The molecule has 1 aliphatic heterocycles. The molecule has 0 radical (unpaired) electrons. The van der Waals surface area contributed by atoms with Crippen LogP contribution in [0.15, 0.2) is 48.7 Å². The fourth-order valence-electron chi connectivity index (χ4n) is 2.82. The molecule has 0 spiro atoms. The normalized spacial score (nSPS) is 14.1. The van der Waals surface area contributed by atoms with Crippen molar-refractivity contribution >= 4 is 18.0 Å². The highest BCUT2D eigenvalue weighted by Crippen LogP contribution is 2.19. The molecule has 1 aliphatic rings. The first kappa shape index (κ1) is 18.0. The Balaban J connectivity index is 1.66. The summed E-state index contributed by atoms with van der Waals surface area (Å²) in [4.78, 5) is 13.4. The van der Waals surface area contributed by atoms with Gasteiger partial charge in [0, 0.05) is 37.9 Å². The summed E-state index contributed by atoms with van der Waals surface area (Å²) < 4.78 is 5.19. The maximum absolute atomic E-state index is 11.3. The predicted octanol–water partition coefficient (Wildman–Crippen LogP) is 2.99. The van der Waals surface area contributed by atoms with Gasteiger partial charge in [0.05, 0.1) is 13.2 Å². The van der Waals surface area contributed by atoms with Crippen LogP contribution in [0.25, 0.3) is 6.08 Å². The second kappa shape index (κ2) is 8.54. The Morgan fingerprint density at radius 3 is 2.58 bits per heavy atom. The van der Waals surface area contributed by atoms with Crippen LogP contribution in [0, 0.1) is 0 Å². The van der Waals surface area contributed by atoms with Gasteiger partial charge in [-0.1, -0.05) is 12.1 Å². The van der Waals surface area contributed by atoms with E-state index in [1.165, 1.54) is 5.56 Å². The maximum atomic E-state index is 11.3. The molecule has 0 bridgehead atoms. The molecule has 5 heteroatoms. The molecule has 3 rings (SSSR count). The van der Waals surface area contributed by atoms with E-state index in [1.807, 2.05) is 49.7 Å². The Morgan fingerprint density at radius 1 is 1.19 bits per heavy atom. The average molecular weight is 351 g/mol. The molecular weight excluding hydrogens is 326 g/mol. The number of aldehydes is 1. The van der Waals surface area contributed by atoms with Gasteiger partial charge >= 0.3 is 0 Å². The van der Waals surface area contributed by atoms with Crippen molar-refractivity contribution in [3.05, 3.63) is 65.4 Å². The Bertz CT molecular complexity index is 767. The molecule has 1 saturated heterocycles. The number of ether oxygens (including phenoxy) is 1. The van der Waals surface area contributed by atoms with Gasteiger partial charge in [-0.2, -0.15) is 0 Å². The van der Waals surface area contributed by atoms with Crippen molar-refractivity contribution in [1.29, 1.82) is 0 Å². The first-order chi connectivity index (χ1) is 12.7. The summed E-state index contributed by atoms with van der Waals surface area (Å²) in [5, 5.41) is 6.71. The molecule has 2 aromatic rings. The molecule has 0 aromatic heterocycles. The number of hydrogen-bond acceptors (Lipinski definition) is 5. The summed E-state index contributed by atoms with van der Waals surface area (Å²) >= 11 is 0. The fraction of sp³-hybridized carbons (Fsp3) is 0.286. The van der Waals surface area contributed by atoms with Crippen LogP contribution in [0.2, 0.25) is 0 Å². The molecule has 0 aliphatic carbocycles. The zero-order valence-electron chi connectivity index (χ0n) is 15.2. The molecule has 0 unspecified atom stereocenters. The molecule has 1 heterocycles. The molecule has 0 atom stereocenters. The van der Waals surface area contributed by atoms with Crippen molar-refractivity contribution in [2.24, 2.45) is 0 Å². The SMILES string of the molecule is COc1ccc(CN(C)/C=C\c2cc(NC3CNC3)ccc2C=O)cc1. The minimum Gasteiger partial charge on any atom is -0.497 e. The summed E-state index contributed by atoms with van der Waals surface area (Å²) in [7, 11) is 3.68. The number of nitrogens with one attached hydrogen (secondary N) is 2. The highest BCUT2D eigenvalue weighted by Gasteiger charge is 2.16. The summed E-state index contributed by atoms with van der Waals surface area (Å²) in [5.41, 5.74) is 3.84. The van der Waals surface area contributed by atoms with E-state index in [0.29, 0.717) is 11.6 Å². The molecule has 0 amide bonds. The number of benzene rings is 2. The lowest BCUT2D eigenvalue weighted by Crippen LogP contribution is -2.51. The number of anilines is 1. The number of carbonyl (C=O) groups is 1. The van der Waals surface area contributed by atoms with Crippen LogP contribution in [0.5, 0.6) is 5.75 Å². The summed E-state index contributed by atoms with van der Waals surface area (Å²) in [6, 6.07) is 14.3. The molecular formula is C21H25N3O2. The Kier molecular flexibility index (Phi) is 5.92. The number of nitrogens with zero attached hydrogens (tertiary/aromatic N) is 1. The van der Waals surface area contributed by atoms with E-state index in [1.54, 1.807) is 7.11 Å². The second-order valence-electron chi connectivity index (χ2n) is 6.54. The van der Waals surface area contributed by atoms with Gasteiger partial charge in [-0.15, -0.1) is 0 Å². The van der Waals surface area contributed by atoms with E-state index >= 15 is 0 Å². The van der Waals surface area contributed by atoms with Crippen LogP contribution in [0.1, 0.15) is 21.5 Å². The standard InChI is InChI=1S/C21H25N3O2/c1-24(14-16-3-7-21(26-2)8-4-16)10-9-17-11-19(6-5-18(17)15-25)23-20-12-22-13-20/h3-11,15,20,22-23H,12-14H2,1-2H3/b10-9-. The van der Waals surface area contributed by atoms with Crippen molar-refractivity contribution in [3.63, 3.8) is 0 Å². The third-order valence-corrected chi connectivity index (χ3v) is 4.47. The zero-order valence-corrected chi connectivity index (χ0v) is 15.2. The molecule has 1 fully saturated rings. The number of carbonyl (C=O) groups excluding carboxylic acids is 1. The predicted molar refractivity (Wildman–Crippen MR) is 106 cm³/mol. The first-order valence-corrected chi connectivity index (χ1v) is 8.76. The van der Waals surface area contributed by atoms with Crippen molar-refractivity contribution in [1.82, 2.24) is 10.2 Å². The first-order valence-electron chi connectivity index (χ1n) is 8.76. The van der Waals surface area contributed by atoms with Crippen LogP contribution < -0.4 is 15.4 Å². The van der Waals surface area contributed by atoms with Crippen LogP contribution in [-0.4, -0.2) is 44.5 Å². The molecule has 2 N–H and O–H groups in total. The summed E-state index contributed by atoms with van der Waals surface area (Å²) in [6.45, 7) is 2.74. The van der Waals surface area contributed by atoms with E-state index < -0.39 is 0 Å². The smallest absolute Gasteiger partial charge is 0.150 e. The third kappa shape index (κ3) is 4.64. The van der Waals surface area contributed by atoms with Crippen LogP contribution in [-0.2, 0) is 6.54 Å². The third-order valence-electron chi connectivity index (χ3n) is 4.47. The van der Waals surface area contributed by atoms with E-state index in [9.17, 15) is 4.79 Å². The summed E-state index contributed by atoms with van der Waals surface area (Å²) in [5.74, 6) is 0.855. The Morgan fingerprint density at radius 2 is 1.96 bits per heavy atom. The zero-order chi connectivity index (χ0) is 18.4. The summed E-state index contributed by atoms with van der Waals surface area (Å²) in [6.07, 6.45) is 4.89. The van der Waals surface area contributed by atoms with Crippen LogP contribution in [0.4, 0.5) is 5.69 Å². The lowest BCUT2D eigenvalue weighted by Gasteiger charge is -2.29. The van der Waals surface area contributed by atoms with Crippen molar-refractivity contribution in [3.8, 4) is 5.75 Å². The number of hydrogen-bond donors (Lipinski definition) is 2. The van der Waals surface area contributed by atoms with Crippen molar-refractivity contribution in [2.45, 2.75) is 12.6 Å². The van der Waals surface area contributed by atoms with Crippen LogP contribution in [0.3, 0.4) is 0 Å². The van der Waals surface area contributed by atoms with Gasteiger partial charge in [0.1, 0.15) is 5.75 Å². The van der Waals surface area contributed by atoms with Gasteiger partial charge in [-0.05, 0) is 53.7 Å². The molecule has 0 saturated carbocycles. The van der Waals surface area contributed by atoms with E-state index in [4.69, 9.17) is 4.74 Å². The fourth-order valence-corrected chi connectivity index (χ4v) is 2.82. The van der Waals surface area contributed by atoms with Crippen LogP contribution >= 0.6 is 0 Å². The lowest BCUT2D eigenvalue weighted by atomic mass is 10.1. The van der Waals surface area contributed by atoms with E-state index in [2.05, 4.69) is 27.7 Å². The van der Waals surface area contributed by atoms with Gasteiger partial charge in [-0.25, -0.2) is 0 Å². The molecule has 2 aromatic carbocycles. The van der Waals surface area contributed by atoms with Gasteiger partial charge in [0.25, 0.3) is 0 Å². The quantitative estimate of drug-likeness (QED) is 0.716. The van der Waals surface area contributed by atoms with Gasteiger partial charge in [-0.3, -0.25) is 4.79 Å². The van der Waals surface area contributed by atoms with Gasteiger partial charge in [0.15, 0.2) is 6.29 Å². The highest BCUT2D eigenvalue weighted by molar-refractivity contribution is 5.83. The van der Waals surface area contributed by atoms with Gasteiger partial charge in [0.2, 0.25) is 0 Å². The number of methoxy groups -OCH3 is 1. The minimum atomic E-state index is 0.464. The van der Waals surface area contributed by atoms with Crippen molar-refractivity contribution in [2.75, 3.05) is 32.6 Å². The highest BCUT2D eigenvalue weighted by atomic mass is 16.5. The van der Waals surface area contributed by atoms with E-state index in [0.717, 1.165) is 42.9 Å². The molecule has 26 heavy (non-hydrogen) atoms. The molecule has 5 nitrogen and oxygen atoms in total.